The van der Waals surface area contributed by atoms with Crippen LogP contribution in [0.1, 0.15) is 43.2 Å². The van der Waals surface area contributed by atoms with E-state index >= 15 is 0 Å². The topological polar surface area (TPSA) is 71.5 Å². The van der Waals surface area contributed by atoms with Crippen molar-refractivity contribution in [3.05, 3.63) is 77.8 Å². The average molecular weight is 554 g/mol. The lowest BCUT2D eigenvalue weighted by molar-refractivity contribution is -0.138. The van der Waals surface area contributed by atoms with Crippen LogP contribution in [0.2, 0.25) is 0 Å². The van der Waals surface area contributed by atoms with Crippen LogP contribution in [-0.2, 0) is 22.3 Å². The van der Waals surface area contributed by atoms with Crippen molar-refractivity contribution in [3.63, 3.8) is 0 Å². The molecule has 1 aliphatic heterocycles. The zero-order chi connectivity index (χ0) is 27.9. The number of ether oxygens (including phenoxy) is 2. The van der Waals surface area contributed by atoms with Crippen molar-refractivity contribution in [2.45, 2.75) is 62.9 Å². The molecule has 2 N–H and O–H groups in total. The van der Waals surface area contributed by atoms with E-state index in [9.17, 15) is 22.0 Å². The van der Waals surface area contributed by atoms with Gasteiger partial charge in [-0.15, -0.1) is 0 Å². The van der Waals surface area contributed by atoms with Gasteiger partial charge in [0, 0.05) is 50.9 Å². The summed E-state index contributed by atoms with van der Waals surface area (Å²) in [6, 6.07) is 9.41. The molecular weight excluding hydrogens is 521 g/mol. The molecule has 2 atom stereocenters. The van der Waals surface area contributed by atoms with Crippen LogP contribution >= 0.6 is 0 Å². The third-order valence-corrected chi connectivity index (χ3v) is 6.55. The zero-order valence-electron chi connectivity index (χ0n) is 21.6. The summed E-state index contributed by atoms with van der Waals surface area (Å²) in [6.45, 7) is -0.190. The molecule has 0 saturated heterocycles. The van der Waals surface area contributed by atoms with Gasteiger partial charge in [0.1, 0.15) is 6.61 Å². The van der Waals surface area contributed by atoms with Crippen molar-refractivity contribution in [3.8, 4) is 0 Å². The molecule has 7 nitrogen and oxygen atoms in total. The van der Waals surface area contributed by atoms with Crippen LogP contribution in [-0.4, -0.2) is 53.0 Å². The number of hydrogen-bond acceptors (Lipinski definition) is 7. The number of alkyl halides is 5. The van der Waals surface area contributed by atoms with E-state index < -0.39 is 24.2 Å². The van der Waals surface area contributed by atoms with Gasteiger partial charge in [-0.05, 0) is 30.9 Å². The van der Waals surface area contributed by atoms with Gasteiger partial charge in [-0.25, -0.2) is 18.7 Å². The number of anilines is 1. The quantitative estimate of drug-likeness (QED) is 0.258. The van der Waals surface area contributed by atoms with Gasteiger partial charge in [0.05, 0.1) is 18.4 Å². The molecule has 0 amide bonds. The lowest BCUT2D eigenvalue weighted by Gasteiger charge is -2.28. The molecule has 1 aromatic carbocycles. The molecule has 1 saturated carbocycles. The molecule has 1 aromatic heterocycles. The number of benzene rings is 1. The van der Waals surface area contributed by atoms with Crippen LogP contribution < -0.4 is 10.6 Å². The van der Waals surface area contributed by atoms with Crippen molar-refractivity contribution < 1.29 is 31.4 Å². The van der Waals surface area contributed by atoms with E-state index in [4.69, 9.17) is 9.47 Å². The van der Waals surface area contributed by atoms with E-state index in [-0.39, 0.29) is 43.5 Å². The Bertz CT molecular complexity index is 1120. The maximum atomic E-state index is 14.9. The number of allylic oxidation sites excluding steroid dienone is 1. The molecule has 2 aliphatic rings. The minimum Gasteiger partial charge on any atom is -0.472 e. The fourth-order valence-corrected chi connectivity index (χ4v) is 4.59. The second-order valence-corrected chi connectivity index (χ2v) is 9.76. The lowest BCUT2D eigenvalue weighted by atomic mass is 10.2. The SMILES string of the molecule is CN(CC(F)(F)CCN[C@H]1CC[C@H](Nc2ncc(C(F)(F)F)cn2)C1)C(OCc1ccccc1)=C1CC=CO1. The normalized spacial score (nSPS) is 20.6. The van der Waals surface area contributed by atoms with E-state index in [0.717, 1.165) is 30.8 Å². The molecule has 0 unspecified atom stereocenters. The van der Waals surface area contributed by atoms with E-state index in [1.807, 2.05) is 30.3 Å². The maximum absolute atomic E-state index is 14.9. The number of halogens is 5. The molecule has 0 radical (unpaired) electrons. The van der Waals surface area contributed by atoms with Crippen molar-refractivity contribution in [1.82, 2.24) is 20.2 Å². The van der Waals surface area contributed by atoms with Crippen molar-refractivity contribution in [1.29, 1.82) is 0 Å². The fraction of sp³-hybridized carbons (Fsp3) is 0.481. The minimum absolute atomic E-state index is 0.00956. The predicted octanol–water partition coefficient (Wildman–Crippen LogP) is 5.70. The Morgan fingerprint density at radius 2 is 1.79 bits per heavy atom. The highest BCUT2D eigenvalue weighted by Crippen LogP contribution is 2.29. The fourth-order valence-electron chi connectivity index (χ4n) is 4.59. The monoisotopic (exact) mass is 553 g/mol. The van der Waals surface area contributed by atoms with Crippen molar-refractivity contribution >= 4 is 5.95 Å². The van der Waals surface area contributed by atoms with E-state index in [2.05, 4.69) is 20.6 Å². The molecule has 1 aliphatic carbocycles. The molecule has 212 valence electrons. The van der Waals surface area contributed by atoms with Gasteiger partial charge < -0.3 is 25.0 Å². The number of nitrogens with one attached hydrogen (secondary N) is 2. The summed E-state index contributed by atoms with van der Waals surface area (Å²) in [5, 5.41) is 6.21. The van der Waals surface area contributed by atoms with Gasteiger partial charge in [-0.3, -0.25) is 0 Å². The lowest BCUT2D eigenvalue weighted by Crippen LogP contribution is -2.39. The molecule has 0 spiro atoms. The van der Waals surface area contributed by atoms with Gasteiger partial charge in [0.25, 0.3) is 5.92 Å². The Balaban J connectivity index is 1.22. The van der Waals surface area contributed by atoms with E-state index in [1.165, 1.54) is 11.2 Å². The average Bonchev–Trinajstić information content (AvgIpc) is 3.57. The number of rotatable bonds is 12. The standard InChI is InChI=1S/C27H32F5N5O2/c1-37(24(23-8-5-13-38-23)39-17-19-6-3-2-4-7-19)18-26(28,29)11-12-33-21-9-10-22(14-21)36-25-34-15-20(16-35-25)27(30,31)32/h2-7,13,15-16,21-22,33H,8-12,14,17-18H2,1H3,(H,34,35,36)/t21-,22-/m0/s1. The highest BCUT2D eigenvalue weighted by molar-refractivity contribution is 5.28. The first-order valence-corrected chi connectivity index (χ1v) is 12.8. The van der Waals surface area contributed by atoms with E-state index in [1.54, 1.807) is 13.1 Å². The van der Waals surface area contributed by atoms with Crippen LogP contribution in [0.4, 0.5) is 27.9 Å². The van der Waals surface area contributed by atoms with Crippen LogP contribution in [0.25, 0.3) is 0 Å². The third kappa shape index (κ3) is 8.54. The Hall–Kier alpha value is -3.41. The number of hydrogen-bond donors (Lipinski definition) is 2. The van der Waals surface area contributed by atoms with Gasteiger partial charge in [0.2, 0.25) is 11.8 Å². The van der Waals surface area contributed by atoms with Gasteiger partial charge >= 0.3 is 6.18 Å². The summed E-state index contributed by atoms with van der Waals surface area (Å²) in [6.07, 6.45) is 2.50. The molecule has 0 bridgehead atoms. The van der Waals surface area contributed by atoms with Gasteiger partial charge in [-0.1, -0.05) is 30.3 Å². The molecule has 1 fully saturated rings. The van der Waals surface area contributed by atoms with Crippen LogP contribution in [0.3, 0.4) is 0 Å². The summed E-state index contributed by atoms with van der Waals surface area (Å²) in [5.41, 5.74) is 0.00394. The summed E-state index contributed by atoms with van der Waals surface area (Å²) in [5.74, 6) is -2.10. The number of nitrogens with zero attached hydrogens (tertiary/aromatic N) is 3. The Kier molecular flexibility index (Phi) is 9.26. The van der Waals surface area contributed by atoms with E-state index in [0.29, 0.717) is 18.6 Å². The molecule has 4 rings (SSSR count). The van der Waals surface area contributed by atoms with Crippen LogP contribution in [0.15, 0.2) is 66.7 Å². The summed E-state index contributed by atoms with van der Waals surface area (Å²) >= 11 is 0. The zero-order valence-corrected chi connectivity index (χ0v) is 21.6. The molecule has 39 heavy (non-hydrogen) atoms. The van der Waals surface area contributed by atoms with Crippen LogP contribution in [0, 0.1) is 0 Å². The molecular formula is C27H32F5N5O2. The minimum atomic E-state index is -4.49. The molecule has 2 heterocycles. The Morgan fingerprint density at radius 1 is 1.08 bits per heavy atom. The first kappa shape index (κ1) is 28.6. The second kappa shape index (κ2) is 12.6. The summed E-state index contributed by atoms with van der Waals surface area (Å²) < 4.78 is 79.2. The summed E-state index contributed by atoms with van der Waals surface area (Å²) in [4.78, 5) is 8.86. The predicted molar refractivity (Wildman–Crippen MR) is 135 cm³/mol. The first-order valence-electron chi connectivity index (χ1n) is 12.8. The first-order chi connectivity index (χ1) is 18.6. The maximum Gasteiger partial charge on any atom is 0.419 e. The van der Waals surface area contributed by atoms with Crippen LogP contribution in [0.5, 0.6) is 0 Å². The smallest absolute Gasteiger partial charge is 0.419 e. The Labute approximate surface area is 224 Å². The number of aromatic nitrogens is 2. The highest BCUT2D eigenvalue weighted by Gasteiger charge is 2.34. The van der Waals surface area contributed by atoms with Crippen molar-refractivity contribution in [2.75, 3.05) is 25.5 Å². The van der Waals surface area contributed by atoms with Crippen molar-refractivity contribution in [2.24, 2.45) is 0 Å². The third-order valence-electron chi connectivity index (χ3n) is 6.55. The Morgan fingerprint density at radius 3 is 2.46 bits per heavy atom. The summed E-state index contributed by atoms with van der Waals surface area (Å²) in [7, 11) is 1.56. The molecule has 2 aromatic rings. The van der Waals surface area contributed by atoms with Gasteiger partial charge in [0.15, 0.2) is 5.76 Å². The van der Waals surface area contributed by atoms with Gasteiger partial charge in [-0.2, -0.15) is 13.2 Å². The largest absolute Gasteiger partial charge is 0.472 e. The second-order valence-electron chi connectivity index (χ2n) is 9.76. The highest BCUT2D eigenvalue weighted by atomic mass is 19.4. The molecule has 12 heteroatoms.